The molecule has 1 aromatic carbocycles. The van der Waals surface area contributed by atoms with Gasteiger partial charge in [-0.3, -0.25) is 4.79 Å². The molecule has 2 aromatic heterocycles. The van der Waals surface area contributed by atoms with E-state index in [1.807, 2.05) is 30.5 Å². The number of hydrogen-bond acceptors (Lipinski definition) is 3. The fraction of sp³-hybridized carbons (Fsp3) is 0.125. The van der Waals surface area contributed by atoms with Crippen LogP contribution in [0.4, 0.5) is 5.69 Å². The summed E-state index contributed by atoms with van der Waals surface area (Å²) in [6.45, 7) is 0.565. The lowest BCUT2D eigenvalue weighted by atomic mass is 10.1. The zero-order valence-electron chi connectivity index (χ0n) is 11.5. The van der Waals surface area contributed by atoms with Gasteiger partial charge in [0, 0.05) is 17.1 Å². The molecule has 21 heavy (non-hydrogen) atoms. The summed E-state index contributed by atoms with van der Waals surface area (Å²) in [4.78, 5) is 21.7. The van der Waals surface area contributed by atoms with Crippen molar-refractivity contribution in [1.82, 2.24) is 9.97 Å². The molecule has 0 spiro atoms. The number of H-pyrrole nitrogens is 1. The lowest BCUT2D eigenvalue weighted by Gasteiger charge is -2.15. The Labute approximate surface area is 121 Å². The molecule has 0 saturated carbocycles. The number of rotatable bonds is 2. The first-order valence-corrected chi connectivity index (χ1v) is 6.68. The molecular formula is C16H13N3O2. The maximum atomic E-state index is 12.6. The lowest BCUT2D eigenvalue weighted by molar-refractivity contribution is 0.0996. The first-order chi connectivity index (χ1) is 10.3. The minimum atomic E-state index is -0.0133. The maximum absolute atomic E-state index is 12.6. The fourth-order valence-electron chi connectivity index (χ4n) is 2.69. The van der Waals surface area contributed by atoms with Gasteiger partial charge in [-0.05, 0) is 29.8 Å². The van der Waals surface area contributed by atoms with Crippen LogP contribution < -0.4 is 9.64 Å². The number of carbonyl (C=O) groups excluding carboxylic acids is 1. The summed E-state index contributed by atoms with van der Waals surface area (Å²) < 4.78 is 5.19. The number of methoxy groups -OCH3 is 1. The van der Waals surface area contributed by atoms with Gasteiger partial charge in [0.1, 0.15) is 11.4 Å². The van der Waals surface area contributed by atoms with E-state index in [0.717, 1.165) is 22.3 Å². The first-order valence-electron chi connectivity index (χ1n) is 6.68. The van der Waals surface area contributed by atoms with Crippen molar-refractivity contribution >= 4 is 22.6 Å². The Morgan fingerprint density at radius 3 is 3.05 bits per heavy atom. The Bertz CT molecular complexity index is 854. The van der Waals surface area contributed by atoms with Crippen molar-refractivity contribution in [3.8, 4) is 5.75 Å². The number of aromatic nitrogens is 2. The van der Waals surface area contributed by atoms with Crippen molar-refractivity contribution in [3.05, 3.63) is 53.9 Å². The summed E-state index contributed by atoms with van der Waals surface area (Å²) in [6, 6.07) is 9.53. The molecule has 0 bridgehead atoms. The van der Waals surface area contributed by atoms with E-state index in [-0.39, 0.29) is 5.91 Å². The van der Waals surface area contributed by atoms with Crippen molar-refractivity contribution in [3.63, 3.8) is 0 Å². The Hall–Kier alpha value is -2.82. The van der Waals surface area contributed by atoms with Gasteiger partial charge in [0.05, 0.1) is 25.5 Å². The SMILES string of the molecule is COc1ccc2c(c1)C(=O)N(c1cnc3[nH]ccc3c1)C2. The fourth-order valence-corrected chi connectivity index (χ4v) is 2.69. The number of carbonyl (C=O) groups is 1. The normalized spacial score (nSPS) is 13.8. The van der Waals surface area contributed by atoms with E-state index >= 15 is 0 Å². The molecule has 0 fully saturated rings. The van der Waals surface area contributed by atoms with Crippen molar-refractivity contribution in [2.75, 3.05) is 12.0 Å². The van der Waals surface area contributed by atoms with Crippen LogP contribution in [0.15, 0.2) is 42.7 Å². The van der Waals surface area contributed by atoms with Gasteiger partial charge in [-0.1, -0.05) is 6.07 Å². The van der Waals surface area contributed by atoms with E-state index in [1.165, 1.54) is 0 Å². The van der Waals surface area contributed by atoms with E-state index < -0.39 is 0 Å². The smallest absolute Gasteiger partial charge is 0.259 e. The zero-order valence-corrected chi connectivity index (χ0v) is 11.5. The number of anilines is 1. The predicted octanol–water partition coefficient (Wildman–Crippen LogP) is 2.73. The molecule has 5 heteroatoms. The molecule has 1 amide bonds. The number of ether oxygens (including phenoxy) is 1. The largest absolute Gasteiger partial charge is 0.497 e. The summed E-state index contributed by atoms with van der Waals surface area (Å²) >= 11 is 0. The van der Waals surface area contributed by atoms with Crippen LogP contribution in [-0.2, 0) is 6.54 Å². The Kier molecular flexibility index (Phi) is 2.47. The van der Waals surface area contributed by atoms with Gasteiger partial charge < -0.3 is 14.6 Å². The van der Waals surface area contributed by atoms with Gasteiger partial charge in [-0.25, -0.2) is 4.98 Å². The molecule has 5 nitrogen and oxygen atoms in total. The number of pyridine rings is 1. The molecule has 0 saturated heterocycles. The minimum absolute atomic E-state index is 0.0133. The summed E-state index contributed by atoms with van der Waals surface area (Å²) in [5.74, 6) is 0.684. The number of hydrogen-bond donors (Lipinski definition) is 1. The Morgan fingerprint density at radius 2 is 2.19 bits per heavy atom. The standard InChI is InChI=1S/C16H13N3O2/c1-21-13-3-2-11-9-19(16(20)14(11)7-13)12-6-10-4-5-17-15(10)18-8-12/h2-8H,9H2,1H3,(H,17,18). The van der Waals surface area contributed by atoms with E-state index in [4.69, 9.17) is 4.74 Å². The zero-order chi connectivity index (χ0) is 14.4. The molecule has 1 N–H and O–H groups in total. The van der Waals surface area contributed by atoms with Crippen LogP contribution >= 0.6 is 0 Å². The summed E-state index contributed by atoms with van der Waals surface area (Å²) in [7, 11) is 1.60. The molecule has 1 aliphatic heterocycles. The highest BCUT2D eigenvalue weighted by molar-refractivity contribution is 6.10. The molecule has 0 aliphatic carbocycles. The van der Waals surface area contributed by atoms with Gasteiger partial charge in [0.2, 0.25) is 0 Å². The van der Waals surface area contributed by atoms with Crippen LogP contribution in [0.3, 0.4) is 0 Å². The predicted molar refractivity (Wildman–Crippen MR) is 79.6 cm³/mol. The van der Waals surface area contributed by atoms with Crippen LogP contribution in [-0.4, -0.2) is 23.0 Å². The van der Waals surface area contributed by atoms with Gasteiger partial charge in [-0.2, -0.15) is 0 Å². The van der Waals surface area contributed by atoms with Gasteiger partial charge >= 0.3 is 0 Å². The lowest BCUT2D eigenvalue weighted by Crippen LogP contribution is -2.23. The topological polar surface area (TPSA) is 58.2 Å². The van der Waals surface area contributed by atoms with E-state index in [0.29, 0.717) is 17.9 Å². The van der Waals surface area contributed by atoms with Crippen LogP contribution in [0.2, 0.25) is 0 Å². The van der Waals surface area contributed by atoms with Gasteiger partial charge in [0.25, 0.3) is 5.91 Å². The monoisotopic (exact) mass is 279 g/mol. The molecule has 3 heterocycles. The second kappa shape index (κ2) is 4.34. The van der Waals surface area contributed by atoms with Crippen molar-refractivity contribution in [1.29, 1.82) is 0 Å². The van der Waals surface area contributed by atoms with E-state index in [9.17, 15) is 4.79 Å². The molecule has 3 aromatic rings. The first kappa shape index (κ1) is 12.0. The minimum Gasteiger partial charge on any atom is -0.497 e. The van der Waals surface area contributed by atoms with Crippen LogP contribution in [0.25, 0.3) is 11.0 Å². The van der Waals surface area contributed by atoms with E-state index in [2.05, 4.69) is 9.97 Å². The number of nitrogens with zero attached hydrogens (tertiary/aromatic N) is 2. The molecule has 1 aliphatic rings. The molecule has 4 rings (SSSR count). The number of benzene rings is 1. The van der Waals surface area contributed by atoms with Crippen molar-refractivity contribution in [2.24, 2.45) is 0 Å². The third kappa shape index (κ3) is 1.78. The number of fused-ring (bicyclic) bond motifs is 2. The number of nitrogens with one attached hydrogen (secondary N) is 1. The highest BCUT2D eigenvalue weighted by Crippen LogP contribution is 2.31. The second-order valence-corrected chi connectivity index (χ2v) is 5.02. The highest BCUT2D eigenvalue weighted by Gasteiger charge is 2.29. The highest BCUT2D eigenvalue weighted by atomic mass is 16.5. The van der Waals surface area contributed by atoms with Crippen LogP contribution in [0.5, 0.6) is 5.75 Å². The van der Waals surface area contributed by atoms with Gasteiger partial charge in [-0.15, -0.1) is 0 Å². The molecule has 0 unspecified atom stereocenters. The van der Waals surface area contributed by atoms with E-state index in [1.54, 1.807) is 24.3 Å². The van der Waals surface area contributed by atoms with Crippen LogP contribution in [0.1, 0.15) is 15.9 Å². The molecular weight excluding hydrogens is 266 g/mol. The molecule has 104 valence electrons. The third-order valence-electron chi connectivity index (χ3n) is 3.82. The second-order valence-electron chi connectivity index (χ2n) is 5.02. The summed E-state index contributed by atoms with van der Waals surface area (Å²) in [5, 5.41) is 0.994. The Balaban J connectivity index is 1.75. The quantitative estimate of drug-likeness (QED) is 0.784. The third-order valence-corrected chi connectivity index (χ3v) is 3.82. The summed E-state index contributed by atoms with van der Waals surface area (Å²) in [5.41, 5.74) is 3.34. The van der Waals surface area contributed by atoms with Crippen molar-refractivity contribution < 1.29 is 9.53 Å². The molecule has 0 atom stereocenters. The number of aromatic amines is 1. The summed E-state index contributed by atoms with van der Waals surface area (Å²) in [6.07, 6.45) is 3.56. The average molecular weight is 279 g/mol. The average Bonchev–Trinajstić information content (AvgIpc) is 3.11. The Morgan fingerprint density at radius 1 is 1.29 bits per heavy atom. The van der Waals surface area contributed by atoms with Crippen LogP contribution in [0, 0.1) is 0 Å². The maximum Gasteiger partial charge on any atom is 0.259 e. The number of amides is 1. The van der Waals surface area contributed by atoms with Crippen molar-refractivity contribution in [2.45, 2.75) is 6.54 Å². The van der Waals surface area contributed by atoms with Gasteiger partial charge in [0.15, 0.2) is 0 Å². The molecule has 0 radical (unpaired) electrons.